The Morgan fingerprint density at radius 3 is 2.80 bits per heavy atom. The summed E-state index contributed by atoms with van der Waals surface area (Å²) in [5.74, 6) is 0.631. The van der Waals surface area contributed by atoms with Crippen molar-refractivity contribution in [1.82, 2.24) is 5.32 Å². The smallest absolute Gasteiger partial charge is 0.261 e. The van der Waals surface area contributed by atoms with Gasteiger partial charge in [0.1, 0.15) is 0 Å². The number of carbonyl (C=O) groups is 1. The van der Waals surface area contributed by atoms with Gasteiger partial charge in [0.15, 0.2) is 0 Å². The summed E-state index contributed by atoms with van der Waals surface area (Å²) in [6.07, 6.45) is 1.00. The maximum Gasteiger partial charge on any atom is 0.261 e. The lowest BCUT2D eigenvalue weighted by Crippen LogP contribution is -2.36. The van der Waals surface area contributed by atoms with E-state index in [2.05, 4.69) is 35.1 Å². The molecular formula is C11H16BrNOS. The van der Waals surface area contributed by atoms with Gasteiger partial charge in [0.25, 0.3) is 5.91 Å². The van der Waals surface area contributed by atoms with Crippen molar-refractivity contribution in [3.63, 3.8) is 0 Å². The molecule has 0 aliphatic rings. The largest absolute Gasteiger partial charge is 0.348 e. The van der Waals surface area contributed by atoms with Gasteiger partial charge in [-0.15, -0.1) is 11.3 Å². The monoisotopic (exact) mass is 289 g/mol. The van der Waals surface area contributed by atoms with E-state index in [0.717, 1.165) is 16.6 Å². The molecule has 0 saturated heterocycles. The minimum atomic E-state index is 0.0371. The topological polar surface area (TPSA) is 29.1 Å². The van der Waals surface area contributed by atoms with E-state index in [1.807, 2.05) is 17.5 Å². The number of nitrogens with one attached hydrogen (secondary N) is 1. The number of amides is 1. The number of halogens is 1. The Bertz CT molecular complexity index is 298. The predicted molar refractivity (Wildman–Crippen MR) is 68.8 cm³/mol. The summed E-state index contributed by atoms with van der Waals surface area (Å²) in [5.41, 5.74) is 0. The van der Waals surface area contributed by atoms with Crippen molar-refractivity contribution < 1.29 is 4.79 Å². The average Bonchev–Trinajstić information content (AvgIpc) is 2.68. The number of thiophene rings is 1. The van der Waals surface area contributed by atoms with Crippen molar-refractivity contribution in [1.29, 1.82) is 0 Å². The van der Waals surface area contributed by atoms with Crippen molar-refractivity contribution in [2.45, 2.75) is 26.3 Å². The van der Waals surface area contributed by atoms with Gasteiger partial charge in [-0.05, 0) is 23.8 Å². The Hall–Kier alpha value is -0.350. The molecule has 1 rings (SSSR count). The first-order valence-electron chi connectivity index (χ1n) is 5.03. The van der Waals surface area contributed by atoms with E-state index in [1.165, 1.54) is 11.3 Å². The summed E-state index contributed by atoms with van der Waals surface area (Å²) in [6.45, 7) is 4.32. The molecule has 0 aromatic carbocycles. The fourth-order valence-electron chi connectivity index (χ4n) is 1.39. The minimum absolute atomic E-state index is 0.0371. The maximum absolute atomic E-state index is 11.7. The number of alkyl halides is 1. The molecule has 1 unspecified atom stereocenters. The molecule has 0 aliphatic heterocycles. The maximum atomic E-state index is 11.7. The lowest BCUT2D eigenvalue weighted by atomic mass is 10.1. The molecule has 0 fully saturated rings. The van der Waals surface area contributed by atoms with Crippen LogP contribution in [0.2, 0.25) is 0 Å². The zero-order valence-corrected chi connectivity index (χ0v) is 11.4. The summed E-state index contributed by atoms with van der Waals surface area (Å²) in [5, 5.41) is 5.75. The first-order chi connectivity index (χ1) is 7.13. The summed E-state index contributed by atoms with van der Waals surface area (Å²) < 4.78 is 0. The van der Waals surface area contributed by atoms with Crippen molar-refractivity contribution in [3.05, 3.63) is 22.4 Å². The number of hydrogen-bond donors (Lipinski definition) is 1. The molecule has 0 saturated carbocycles. The van der Waals surface area contributed by atoms with Crippen LogP contribution >= 0.6 is 27.3 Å². The Morgan fingerprint density at radius 2 is 2.33 bits per heavy atom. The van der Waals surface area contributed by atoms with E-state index >= 15 is 0 Å². The van der Waals surface area contributed by atoms with Crippen molar-refractivity contribution >= 4 is 33.2 Å². The van der Waals surface area contributed by atoms with E-state index in [4.69, 9.17) is 0 Å². The molecule has 2 nitrogen and oxygen atoms in total. The summed E-state index contributed by atoms with van der Waals surface area (Å²) in [7, 11) is 0. The van der Waals surface area contributed by atoms with E-state index in [1.54, 1.807) is 0 Å². The summed E-state index contributed by atoms with van der Waals surface area (Å²) >= 11 is 4.90. The van der Waals surface area contributed by atoms with Crippen LogP contribution in [0.25, 0.3) is 0 Å². The highest BCUT2D eigenvalue weighted by Gasteiger charge is 2.14. The fourth-order valence-corrected chi connectivity index (χ4v) is 2.45. The molecule has 4 heteroatoms. The van der Waals surface area contributed by atoms with Crippen LogP contribution in [-0.4, -0.2) is 17.3 Å². The van der Waals surface area contributed by atoms with Crippen molar-refractivity contribution in [2.24, 2.45) is 5.92 Å². The van der Waals surface area contributed by atoms with E-state index < -0.39 is 0 Å². The highest BCUT2D eigenvalue weighted by Crippen LogP contribution is 2.11. The lowest BCUT2D eigenvalue weighted by Gasteiger charge is -2.17. The van der Waals surface area contributed by atoms with Gasteiger partial charge < -0.3 is 5.32 Å². The Labute approximate surface area is 103 Å². The van der Waals surface area contributed by atoms with Gasteiger partial charge in [0.05, 0.1) is 4.88 Å². The van der Waals surface area contributed by atoms with Gasteiger partial charge in [-0.2, -0.15) is 0 Å². The van der Waals surface area contributed by atoms with Gasteiger partial charge in [0.2, 0.25) is 0 Å². The molecule has 84 valence electrons. The molecule has 1 aromatic heterocycles. The Kier molecular flexibility index (Phi) is 5.32. The quantitative estimate of drug-likeness (QED) is 0.828. The van der Waals surface area contributed by atoms with Crippen molar-refractivity contribution in [2.75, 3.05) is 5.33 Å². The molecule has 15 heavy (non-hydrogen) atoms. The first-order valence-corrected chi connectivity index (χ1v) is 7.04. The van der Waals surface area contributed by atoms with Crippen molar-refractivity contribution in [3.8, 4) is 0 Å². The Balaban J connectivity index is 2.48. The summed E-state index contributed by atoms with van der Waals surface area (Å²) in [4.78, 5) is 12.5. The molecule has 1 N–H and O–H groups in total. The second-order valence-corrected chi connectivity index (χ2v) is 5.53. The molecule has 0 aliphatic carbocycles. The zero-order chi connectivity index (χ0) is 11.3. The van der Waals surface area contributed by atoms with Crippen LogP contribution in [-0.2, 0) is 0 Å². The highest BCUT2D eigenvalue weighted by atomic mass is 79.9. The molecule has 0 bridgehead atoms. The van der Waals surface area contributed by atoms with Gasteiger partial charge >= 0.3 is 0 Å². The molecule has 1 amide bonds. The number of rotatable bonds is 5. The van der Waals surface area contributed by atoms with Gasteiger partial charge in [0, 0.05) is 11.4 Å². The van der Waals surface area contributed by atoms with E-state index in [-0.39, 0.29) is 11.9 Å². The third kappa shape index (κ3) is 4.34. The normalized spacial score (nSPS) is 12.8. The molecule has 0 radical (unpaired) electrons. The third-order valence-corrected chi connectivity index (χ3v) is 3.67. The average molecular weight is 290 g/mol. The van der Waals surface area contributed by atoms with Crippen LogP contribution in [0.3, 0.4) is 0 Å². The van der Waals surface area contributed by atoms with Crippen LogP contribution in [0.1, 0.15) is 29.9 Å². The van der Waals surface area contributed by atoms with Gasteiger partial charge in [-0.3, -0.25) is 4.79 Å². The third-order valence-electron chi connectivity index (χ3n) is 2.02. The standard InChI is InChI=1S/C11H16BrNOS/c1-8(2)6-9(7-12)13-11(14)10-4-3-5-15-10/h3-5,8-9H,6-7H2,1-2H3,(H,13,14). The lowest BCUT2D eigenvalue weighted by molar-refractivity contribution is 0.0941. The fraction of sp³-hybridized carbons (Fsp3) is 0.545. The van der Waals surface area contributed by atoms with Crippen LogP contribution in [0.5, 0.6) is 0 Å². The van der Waals surface area contributed by atoms with Crippen LogP contribution < -0.4 is 5.32 Å². The molecule has 1 atom stereocenters. The molecule has 1 heterocycles. The zero-order valence-electron chi connectivity index (χ0n) is 9.00. The second kappa shape index (κ2) is 6.28. The predicted octanol–water partition coefficient (Wildman–Crippen LogP) is 3.29. The molecular weight excluding hydrogens is 274 g/mol. The number of carbonyl (C=O) groups excluding carboxylic acids is 1. The van der Waals surface area contributed by atoms with Crippen LogP contribution in [0.4, 0.5) is 0 Å². The van der Waals surface area contributed by atoms with E-state index in [0.29, 0.717) is 5.92 Å². The van der Waals surface area contributed by atoms with Crippen LogP contribution in [0.15, 0.2) is 17.5 Å². The van der Waals surface area contributed by atoms with E-state index in [9.17, 15) is 4.79 Å². The highest BCUT2D eigenvalue weighted by molar-refractivity contribution is 9.09. The SMILES string of the molecule is CC(C)CC(CBr)NC(=O)c1cccs1. The first kappa shape index (κ1) is 12.7. The molecule has 0 spiro atoms. The number of hydrogen-bond acceptors (Lipinski definition) is 2. The minimum Gasteiger partial charge on any atom is -0.348 e. The van der Waals surface area contributed by atoms with Crippen LogP contribution in [0, 0.1) is 5.92 Å². The van der Waals surface area contributed by atoms with Gasteiger partial charge in [-0.1, -0.05) is 35.8 Å². The van der Waals surface area contributed by atoms with Gasteiger partial charge in [-0.25, -0.2) is 0 Å². The second-order valence-electron chi connectivity index (χ2n) is 3.93. The molecule has 1 aromatic rings. The summed E-state index contributed by atoms with van der Waals surface area (Å²) in [6, 6.07) is 3.96. The Morgan fingerprint density at radius 1 is 1.60 bits per heavy atom.